The van der Waals surface area contributed by atoms with Gasteiger partial charge in [0.2, 0.25) is 0 Å². The van der Waals surface area contributed by atoms with Gasteiger partial charge >= 0.3 is 5.97 Å². The molecule has 0 saturated carbocycles. The minimum Gasteiger partial charge on any atom is -0.464 e. The van der Waals surface area contributed by atoms with Crippen molar-refractivity contribution in [3.63, 3.8) is 0 Å². The molecule has 4 rings (SSSR count). The zero-order valence-corrected chi connectivity index (χ0v) is 19.8. The molecule has 2 unspecified atom stereocenters. The van der Waals surface area contributed by atoms with E-state index < -0.39 is 24.0 Å². The van der Waals surface area contributed by atoms with Gasteiger partial charge in [0, 0.05) is 18.0 Å². The highest BCUT2D eigenvalue weighted by molar-refractivity contribution is 6.35. The van der Waals surface area contributed by atoms with Crippen LogP contribution in [-0.2, 0) is 16.0 Å². The van der Waals surface area contributed by atoms with Crippen LogP contribution in [0.4, 0.5) is 0 Å². The number of hydrogen-bond donors (Lipinski definition) is 3. The normalized spacial score (nSPS) is 12.8. The molecule has 8 nitrogen and oxygen atoms in total. The number of halogens is 1. The molecule has 180 valence electrons. The van der Waals surface area contributed by atoms with Crippen LogP contribution < -0.4 is 5.32 Å². The lowest BCUT2D eigenvalue weighted by atomic mass is 9.97. The highest BCUT2D eigenvalue weighted by Crippen LogP contribution is 2.23. The van der Waals surface area contributed by atoms with Gasteiger partial charge in [0.05, 0.1) is 11.6 Å². The van der Waals surface area contributed by atoms with Crippen molar-refractivity contribution in [1.29, 1.82) is 0 Å². The molecule has 0 bridgehead atoms. The van der Waals surface area contributed by atoms with E-state index in [1.54, 1.807) is 13.0 Å². The van der Waals surface area contributed by atoms with E-state index in [0.717, 1.165) is 16.7 Å². The molecular weight excluding hydrogens is 468 g/mol. The monoisotopic (exact) mass is 492 g/mol. The summed E-state index contributed by atoms with van der Waals surface area (Å²) in [6.45, 7) is 1.83. The van der Waals surface area contributed by atoms with E-state index in [0.29, 0.717) is 28.0 Å². The van der Waals surface area contributed by atoms with Gasteiger partial charge in [0.25, 0.3) is 5.91 Å². The van der Waals surface area contributed by atoms with Crippen molar-refractivity contribution in [2.45, 2.75) is 31.9 Å². The summed E-state index contributed by atoms with van der Waals surface area (Å²) >= 11 is 6.25. The van der Waals surface area contributed by atoms with Crippen molar-refractivity contribution in [2.75, 3.05) is 6.61 Å². The van der Waals surface area contributed by atoms with Crippen LogP contribution in [0.3, 0.4) is 0 Å². The first-order valence-electron chi connectivity index (χ1n) is 11.2. The Bertz CT molecular complexity index is 1310. The summed E-state index contributed by atoms with van der Waals surface area (Å²) in [5.41, 5.74) is 4.40. The number of ether oxygens (including phenoxy) is 1. The summed E-state index contributed by atoms with van der Waals surface area (Å²) in [6, 6.07) is 20.5. The van der Waals surface area contributed by atoms with E-state index in [1.165, 1.54) is 6.07 Å². The Labute approximate surface area is 207 Å². The number of amides is 1. The summed E-state index contributed by atoms with van der Waals surface area (Å²) in [4.78, 5) is 25.1. The third-order valence-electron chi connectivity index (χ3n) is 5.60. The molecule has 1 aromatic heterocycles. The molecule has 35 heavy (non-hydrogen) atoms. The van der Waals surface area contributed by atoms with Crippen molar-refractivity contribution < 1.29 is 19.4 Å². The number of carbonyl (C=O) groups is 2. The number of aromatic amines is 1. The summed E-state index contributed by atoms with van der Waals surface area (Å²) in [7, 11) is 0. The molecule has 4 aromatic rings. The number of aromatic nitrogens is 3. The molecule has 1 amide bonds. The number of nitrogens with one attached hydrogen (secondary N) is 2. The number of aliphatic hydroxyl groups is 1. The van der Waals surface area contributed by atoms with E-state index in [1.807, 2.05) is 54.6 Å². The fraction of sp³-hybridized carbons (Fsp3) is 0.231. The Morgan fingerprint density at radius 2 is 1.80 bits per heavy atom. The van der Waals surface area contributed by atoms with Gasteiger partial charge in [-0.1, -0.05) is 71.4 Å². The number of H-pyrrole nitrogens is 1. The van der Waals surface area contributed by atoms with Gasteiger partial charge < -0.3 is 15.2 Å². The van der Waals surface area contributed by atoms with Crippen molar-refractivity contribution in [3.8, 4) is 11.1 Å². The molecule has 0 aliphatic heterocycles. The molecule has 0 fully saturated rings. The first kappa shape index (κ1) is 24.4. The number of nitrogens with zero attached hydrogens (tertiary/aromatic N) is 2. The maximum Gasteiger partial charge on any atom is 0.335 e. The maximum absolute atomic E-state index is 13.1. The molecule has 0 radical (unpaired) electrons. The van der Waals surface area contributed by atoms with Crippen molar-refractivity contribution in [2.24, 2.45) is 0 Å². The van der Waals surface area contributed by atoms with Crippen LogP contribution in [-0.4, -0.2) is 51.1 Å². The molecule has 3 N–H and O–H groups in total. The second kappa shape index (κ2) is 11.1. The standard InChI is InChI=1S/C26H25ClN4O4/c1-2-35-26(34)23(32)15-20(12-16-8-10-18(11-9-16)17-6-4-3-5-7-17)28-25(33)19-13-21(27)24-22(14-19)29-31-30-24/h3-11,13-14,20,23,32H,2,12,15H2,1H3,(H,28,33)(H,29,30,31). The Balaban J connectivity index is 1.53. The van der Waals surface area contributed by atoms with Crippen LogP contribution in [0.5, 0.6) is 0 Å². The van der Waals surface area contributed by atoms with Crippen LogP contribution in [0.15, 0.2) is 66.7 Å². The van der Waals surface area contributed by atoms with Gasteiger partial charge in [-0.25, -0.2) is 4.79 Å². The van der Waals surface area contributed by atoms with Gasteiger partial charge in [0.1, 0.15) is 11.0 Å². The van der Waals surface area contributed by atoms with Crippen molar-refractivity contribution in [1.82, 2.24) is 20.7 Å². The fourth-order valence-corrected chi connectivity index (χ4v) is 4.11. The number of carbonyl (C=O) groups excluding carboxylic acids is 2. The van der Waals surface area contributed by atoms with Crippen LogP contribution >= 0.6 is 11.6 Å². The number of esters is 1. The predicted octanol–water partition coefficient (Wildman–Crippen LogP) is 3.93. The largest absolute Gasteiger partial charge is 0.464 e. The van der Waals surface area contributed by atoms with Crippen LogP contribution in [0.25, 0.3) is 22.2 Å². The second-order valence-electron chi connectivity index (χ2n) is 8.11. The molecule has 0 spiro atoms. The quantitative estimate of drug-likeness (QED) is 0.305. The third kappa shape index (κ3) is 6.03. The summed E-state index contributed by atoms with van der Waals surface area (Å²) < 4.78 is 4.93. The minimum atomic E-state index is -1.37. The lowest BCUT2D eigenvalue weighted by molar-refractivity contribution is -0.153. The SMILES string of the molecule is CCOC(=O)C(O)CC(Cc1ccc(-c2ccccc2)cc1)NC(=O)c1cc(Cl)c2[nH]nnc2c1. The summed E-state index contributed by atoms with van der Waals surface area (Å²) in [5, 5.41) is 23.9. The Morgan fingerprint density at radius 1 is 1.09 bits per heavy atom. The van der Waals surface area contributed by atoms with E-state index in [4.69, 9.17) is 16.3 Å². The number of rotatable bonds is 9. The van der Waals surface area contributed by atoms with E-state index in [2.05, 4.69) is 20.7 Å². The van der Waals surface area contributed by atoms with E-state index in [-0.39, 0.29) is 13.0 Å². The first-order chi connectivity index (χ1) is 16.9. The summed E-state index contributed by atoms with van der Waals surface area (Å²) in [5.74, 6) is -1.13. The molecule has 0 aliphatic carbocycles. The summed E-state index contributed by atoms with van der Waals surface area (Å²) in [6.07, 6.45) is -0.979. The number of fused-ring (bicyclic) bond motifs is 1. The van der Waals surface area contributed by atoms with E-state index in [9.17, 15) is 14.7 Å². The Kier molecular flexibility index (Phi) is 7.74. The predicted molar refractivity (Wildman–Crippen MR) is 133 cm³/mol. The minimum absolute atomic E-state index is 0.00898. The second-order valence-corrected chi connectivity index (χ2v) is 8.51. The first-order valence-corrected chi connectivity index (χ1v) is 11.6. The smallest absolute Gasteiger partial charge is 0.335 e. The van der Waals surface area contributed by atoms with Gasteiger partial charge in [-0.05, 0) is 42.2 Å². The average Bonchev–Trinajstić information content (AvgIpc) is 3.34. The van der Waals surface area contributed by atoms with Crippen LogP contribution in [0.2, 0.25) is 5.02 Å². The Hall–Kier alpha value is -3.75. The van der Waals surface area contributed by atoms with E-state index >= 15 is 0 Å². The third-order valence-corrected chi connectivity index (χ3v) is 5.89. The molecule has 1 heterocycles. The molecule has 2 atom stereocenters. The van der Waals surface area contributed by atoms with Crippen LogP contribution in [0.1, 0.15) is 29.3 Å². The highest BCUT2D eigenvalue weighted by atomic mass is 35.5. The number of benzene rings is 3. The lowest BCUT2D eigenvalue weighted by Crippen LogP contribution is -2.41. The maximum atomic E-state index is 13.1. The van der Waals surface area contributed by atoms with Gasteiger partial charge in [-0.3, -0.25) is 9.89 Å². The molecule has 9 heteroatoms. The molecule has 3 aromatic carbocycles. The molecular formula is C26H25ClN4O4. The van der Waals surface area contributed by atoms with Gasteiger partial charge in [-0.2, -0.15) is 0 Å². The van der Waals surface area contributed by atoms with Crippen LogP contribution in [0, 0.1) is 0 Å². The number of aliphatic hydroxyl groups excluding tert-OH is 1. The zero-order chi connectivity index (χ0) is 24.8. The molecule has 0 saturated heterocycles. The average molecular weight is 493 g/mol. The van der Waals surface area contributed by atoms with Gasteiger partial charge in [0.15, 0.2) is 6.10 Å². The topological polar surface area (TPSA) is 117 Å². The van der Waals surface area contributed by atoms with Gasteiger partial charge in [-0.15, -0.1) is 5.10 Å². The van der Waals surface area contributed by atoms with Crippen molar-refractivity contribution in [3.05, 3.63) is 82.9 Å². The molecule has 0 aliphatic rings. The van der Waals surface area contributed by atoms with Crippen molar-refractivity contribution >= 4 is 34.5 Å². The lowest BCUT2D eigenvalue weighted by Gasteiger charge is -2.21. The zero-order valence-electron chi connectivity index (χ0n) is 19.1. The fourth-order valence-electron chi connectivity index (χ4n) is 3.86. The highest BCUT2D eigenvalue weighted by Gasteiger charge is 2.24. The Morgan fingerprint density at radius 3 is 2.51 bits per heavy atom. The number of hydrogen-bond acceptors (Lipinski definition) is 6.